The van der Waals surface area contributed by atoms with Crippen molar-refractivity contribution in [2.45, 2.75) is 44.4 Å². The molecule has 7 nitrogen and oxygen atoms in total. The van der Waals surface area contributed by atoms with E-state index >= 15 is 0 Å². The van der Waals surface area contributed by atoms with Gasteiger partial charge in [-0.1, -0.05) is 23.7 Å². The van der Waals surface area contributed by atoms with Crippen LogP contribution in [0.3, 0.4) is 0 Å². The summed E-state index contributed by atoms with van der Waals surface area (Å²) in [7, 11) is 1.67. The summed E-state index contributed by atoms with van der Waals surface area (Å²) in [5, 5.41) is 3.54. The van der Waals surface area contributed by atoms with Gasteiger partial charge in [-0.05, 0) is 43.5 Å². The van der Waals surface area contributed by atoms with E-state index < -0.39 is 0 Å². The van der Waals surface area contributed by atoms with Crippen LogP contribution in [0.15, 0.2) is 36.4 Å². The van der Waals surface area contributed by atoms with Crippen molar-refractivity contribution in [2.75, 3.05) is 32.7 Å². The number of nitrogens with one attached hydrogen (secondary N) is 1. The first kappa shape index (κ1) is 22.7. The third-order valence-corrected chi connectivity index (χ3v) is 6.50. The molecule has 4 rings (SSSR count). The molecule has 2 aromatic carbocycles. The molecule has 2 fully saturated rings. The number of carbonyl (C=O) groups is 1. The summed E-state index contributed by atoms with van der Waals surface area (Å²) in [5.74, 6) is 1.11. The molecular weight excluding hydrogens is 430 g/mol. The molecule has 2 aliphatic rings. The predicted octanol–water partition coefficient (Wildman–Crippen LogP) is 3.49. The number of nitrogen functional groups attached to an aromatic ring is 1. The highest BCUT2D eigenvalue weighted by atomic mass is 35.5. The normalized spacial score (nSPS) is 22.9. The molecule has 0 saturated carbocycles. The Morgan fingerprint density at radius 2 is 1.91 bits per heavy atom. The fraction of sp³-hybridized carbons (Fsp3) is 0.458. The maximum Gasteiger partial charge on any atom is 0.255 e. The number of carbonyl (C=O) groups excluding carboxylic acids is 1. The summed E-state index contributed by atoms with van der Waals surface area (Å²) >= 11 is 6.17. The van der Waals surface area contributed by atoms with Crippen LogP contribution in [0.1, 0.15) is 35.7 Å². The monoisotopic (exact) mass is 459 g/mol. The summed E-state index contributed by atoms with van der Waals surface area (Å²) in [5.41, 5.74) is 7.93. The number of hydrogen-bond acceptors (Lipinski definition) is 6. The quantitative estimate of drug-likeness (QED) is 0.616. The van der Waals surface area contributed by atoms with Gasteiger partial charge in [-0.15, -0.1) is 0 Å². The van der Waals surface area contributed by atoms with Crippen LogP contribution in [0.4, 0.5) is 5.69 Å². The van der Waals surface area contributed by atoms with Crippen LogP contribution in [0.2, 0.25) is 5.02 Å². The first-order chi connectivity index (χ1) is 15.5. The Kier molecular flexibility index (Phi) is 7.08. The minimum Gasteiger partial charge on any atom is -0.497 e. The SMILES string of the molecule is CCOc1cc(N)c(Cl)cc1C(=O)NC1CC2COCC(C1)N2Cc1ccc(OC)cc1. The molecule has 2 heterocycles. The number of piperidine rings is 1. The average molecular weight is 460 g/mol. The summed E-state index contributed by atoms with van der Waals surface area (Å²) in [4.78, 5) is 15.6. The first-order valence-electron chi connectivity index (χ1n) is 11.0. The molecule has 0 aromatic heterocycles. The lowest BCUT2D eigenvalue weighted by Crippen LogP contribution is -2.60. The summed E-state index contributed by atoms with van der Waals surface area (Å²) < 4.78 is 16.7. The summed E-state index contributed by atoms with van der Waals surface area (Å²) in [6, 6.07) is 11.9. The maximum absolute atomic E-state index is 13.1. The first-order valence-corrected chi connectivity index (χ1v) is 11.3. The van der Waals surface area contributed by atoms with E-state index in [9.17, 15) is 4.79 Å². The Balaban J connectivity index is 1.44. The van der Waals surface area contributed by atoms with Gasteiger partial charge < -0.3 is 25.3 Å². The van der Waals surface area contributed by atoms with Crippen LogP contribution in [-0.2, 0) is 11.3 Å². The Labute approximate surface area is 193 Å². The van der Waals surface area contributed by atoms with E-state index in [0.717, 1.165) is 25.1 Å². The highest BCUT2D eigenvalue weighted by molar-refractivity contribution is 6.33. The Hall–Kier alpha value is -2.48. The minimum absolute atomic E-state index is 0.0549. The van der Waals surface area contributed by atoms with Gasteiger partial charge in [0, 0.05) is 30.7 Å². The third-order valence-electron chi connectivity index (χ3n) is 6.17. The van der Waals surface area contributed by atoms with Crippen molar-refractivity contribution in [1.82, 2.24) is 10.2 Å². The van der Waals surface area contributed by atoms with E-state index in [2.05, 4.69) is 22.3 Å². The molecule has 2 unspecified atom stereocenters. The number of nitrogens with zero attached hydrogens (tertiary/aromatic N) is 1. The number of morpholine rings is 1. The van der Waals surface area contributed by atoms with E-state index in [4.69, 9.17) is 31.5 Å². The van der Waals surface area contributed by atoms with Crippen LogP contribution in [0, 0.1) is 0 Å². The number of rotatable bonds is 7. The zero-order valence-corrected chi connectivity index (χ0v) is 19.2. The van der Waals surface area contributed by atoms with Crippen molar-refractivity contribution in [3.8, 4) is 11.5 Å². The second-order valence-corrected chi connectivity index (χ2v) is 8.72. The van der Waals surface area contributed by atoms with Crippen molar-refractivity contribution in [3.63, 3.8) is 0 Å². The van der Waals surface area contributed by atoms with Crippen LogP contribution < -0.4 is 20.5 Å². The van der Waals surface area contributed by atoms with E-state index in [1.54, 1.807) is 19.2 Å². The lowest BCUT2D eigenvalue weighted by Gasteiger charge is -2.48. The third kappa shape index (κ3) is 4.95. The molecular formula is C24H30ClN3O4. The van der Waals surface area contributed by atoms with Crippen molar-refractivity contribution in [2.24, 2.45) is 0 Å². The molecule has 172 valence electrons. The van der Waals surface area contributed by atoms with Crippen LogP contribution in [-0.4, -0.2) is 55.9 Å². The number of ether oxygens (including phenoxy) is 3. The number of benzene rings is 2. The molecule has 32 heavy (non-hydrogen) atoms. The highest BCUT2D eigenvalue weighted by Gasteiger charge is 2.39. The van der Waals surface area contributed by atoms with Crippen LogP contribution >= 0.6 is 11.6 Å². The van der Waals surface area contributed by atoms with Gasteiger partial charge in [-0.2, -0.15) is 0 Å². The number of methoxy groups -OCH3 is 1. The zero-order chi connectivity index (χ0) is 22.7. The van der Waals surface area contributed by atoms with Gasteiger partial charge in [0.1, 0.15) is 11.5 Å². The molecule has 2 atom stereocenters. The molecule has 2 aromatic rings. The second kappa shape index (κ2) is 9.98. The van der Waals surface area contributed by atoms with Gasteiger partial charge in [0.15, 0.2) is 0 Å². The van der Waals surface area contributed by atoms with Crippen molar-refractivity contribution in [1.29, 1.82) is 0 Å². The van der Waals surface area contributed by atoms with E-state index in [0.29, 0.717) is 41.8 Å². The van der Waals surface area contributed by atoms with Gasteiger partial charge in [0.2, 0.25) is 0 Å². The van der Waals surface area contributed by atoms with Gasteiger partial charge in [0.05, 0.1) is 43.2 Å². The van der Waals surface area contributed by atoms with E-state index in [1.807, 2.05) is 19.1 Å². The molecule has 2 aliphatic heterocycles. The topological polar surface area (TPSA) is 86.0 Å². The molecule has 1 amide bonds. The van der Waals surface area contributed by atoms with E-state index in [-0.39, 0.29) is 24.0 Å². The van der Waals surface area contributed by atoms with E-state index in [1.165, 1.54) is 5.56 Å². The minimum atomic E-state index is -0.192. The van der Waals surface area contributed by atoms with Crippen molar-refractivity contribution >= 4 is 23.2 Å². The average Bonchev–Trinajstić information content (AvgIpc) is 2.77. The Morgan fingerprint density at radius 3 is 2.53 bits per heavy atom. The lowest BCUT2D eigenvalue weighted by molar-refractivity contribution is -0.0843. The number of nitrogens with two attached hydrogens (primary N) is 1. The van der Waals surface area contributed by atoms with Gasteiger partial charge in [0.25, 0.3) is 5.91 Å². The van der Waals surface area contributed by atoms with Crippen LogP contribution in [0.25, 0.3) is 0 Å². The zero-order valence-electron chi connectivity index (χ0n) is 18.5. The van der Waals surface area contributed by atoms with Crippen molar-refractivity contribution in [3.05, 3.63) is 52.5 Å². The highest BCUT2D eigenvalue weighted by Crippen LogP contribution is 2.32. The van der Waals surface area contributed by atoms with Crippen molar-refractivity contribution < 1.29 is 19.0 Å². The van der Waals surface area contributed by atoms with Gasteiger partial charge in [-0.3, -0.25) is 9.69 Å². The molecule has 3 N–H and O–H groups in total. The van der Waals surface area contributed by atoms with Gasteiger partial charge in [-0.25, -0.2) is 0 Å². The standard InChI is InChI=1S/C24H30ClN3O4/c1-3-32-23-11-22(26)21(25)10-20(23)24(29)27-16-8-17-13-31-14-18(9-16)28(17)12-15-4-6-19(30-2)7-5-15/h4-7,10-11,16-18H,3,8-9,12-14,26H2,1-2H3,(H,27,29). The Bertz CT molecular complexity index is 939. The summed E-state index contributed by atoms with van der Waals surface area (Å²) in [6.45, 7) is 4.48. The van der Waals surface area contributed by atoms with Crippen LogP contribution in [0.5, 0.6) is 11.5 Å². The maximum atomic E-state index is 13.1. The number of halogens is 1. The largest absolute Gasteiger partial charge is 0.497 e. The fourth-order valence-electron chi connectivity index (χ4n) is 4.59. The summed E-state index contributed by atoms with van der Waals surface area (Å²) in [6.07, 6.45) is 1.65. The molecule has 0 aliphatic carbocycles. The fourth-order valence-corrected chi connectivity index (χ4v) is 4.76. The molecule has 0 radical (unpaired) electrons. The number of fused-ring (bicyclic) bond motifs is 2. The number of anilines is 1. The predicted molar refractivity (Wildman–Crippen MR) is 124 cm³/mol. The lowest BCUT2D eigenvalue weighted by atomic mass is 9.89. The molecule has 8 heteroatoms. The second-order valence-electron chi connectivity index (χ2n) is 8.31. The van der Waals surface area contributed by atoms with Gasteiger partial charge >= 0.3 is 0 Å². The number of amides is 1. The molecule has 2 saturated heterocycles. The smallest absolute Gasteiger partial charge is 0.255 e. The number of hydrogen-bond donors (Lipinski definition) is 2. The molecule has 0 spiro atoms. The Morgan fingerprint density at radius 1 is 1.22 bits per heavy atom. The molecule has 2 bridgehead atoms.